The largest absolute Gasteiger partial charge is 0.466 e. The third-order valence-corrected chi connectivity index (χ3v) is 2.30. The molecule has 0 saturated heterocycles. The Bertz CT molecular complexity index is 412. The Balaban J connectivity index is 2.56. The highest BCUT2D eigenvalue weighted by Gasteiger charge is 2.02. The predicted octanol–water partition coefficient (Wildman–Crippen LogP) is 2.46. The number of thiol groups is 1. The van der Waals surface area contributed by atoms with Gasteiger partial charge in [-0.25, -0.2) is 0 Å². The number of hydrogen-bond donors (Lipinski definition) is 1. The zero-order chi connectivity index (χ0) is 12.5. The van der Waals surface area contributed by atoms with E-state index in [0.29, 0.717) is 13.0 Å². The first-order valence-corrected chi connectivity index (χ1v) is 6.23. The number of carbonyl (C=O) groups excluding carboxylic acids is 1. The molecular formula is C14H16O2S. The lowest BCUT2D eigenvalue weighted by atomic mass is 10.1. The third-order valence-electron chi connectivity index (χ3n) is 2.08. The summed E-state index contributed by atoms with van der Waals surface area (Å²) in [6, 6.07) is 7.64. The zero-order valence-corrected chi connectivity index (χ0v) is 10.8. The second-order valence-corrected chi connectivity index (χ2v) is 3.90. The summed E-state index contributed by atoms with van der Waals surface area (Å²) in [5, 5.41) is 0. The normalized spacial score (nSPS) is 9.29. The van der Waals surface area contributed by atoms with Crippen LogP contribution in [0.25, 0.3) is 0 Å². The van der Waals surface area contributed by atoms with Gasteiger partial charge >= 0.3 is 5.97 Å². The molecule has 0 aliphatic carbocycles. The van der Waals surface area contributed by atoms with Gasteiger partial charge in [0.15, 0.2) is 0 Å². The van der Waals surface area contributed by atoms with Crippen LogP contribution < -0.4 is 0 Å². The molecule has 0 N–H and O–H groups in total. The van der Waals surface area contributed by atoms with Crippen molar-refractivity contribution >= 4 is 18.6 Å². The van der Waals surface area contributed by atoms with Crippen molar-refractivity contribution in [1.82, 2.24) is 0 Å². The molecule has 0 bridgehead atoms. The maximum absolute atomic E-state index is 11.2. The van der Waals surface area contributed by atoms with Crippen molar-refractivity contribution in [2.24, 2.45) is 0 Å². The number of ether oxygens (including phenoxy) is 1. The highest BCUT2D eigenvalue weighted by molar-refractivity contribution is 7.80. The predicted molar refractivity (Wildman–Crippen MR) is 72.1 cm³/mol. The summed E-state index contributed by atoms with van der Waals surface area (Å²) in [4.78, 5) is 11.2. The lowest BCUT2D eigenvalue weighted by Crippen LogP contribution is -2.07. The van der Waals surface area contributed by atoms with Gasteiger partial charge in [0.2, 0.25) is 0 Å². The molecule has 0 atom stereocenters. The first-order valence-electron chi connectivity index (χ1n) is 5.60. The molecule has 0 fully saturated rings. The molecule has 1 aromatic carbocycles. The molecule has 0 aliphatic heterocycles. The van der Waals surface area contributed by atoms with Gasteiger partial charge in [0, 0.05) is 17.7 Å². The van der Waals surface area contributed by atoms with Gasteiger partial charge < -0.3 is 4.74 Å². The summed E-state index contributed by atoms with van der Waals surface area (Å²) in [6.07, 6.45) is 1.10. The number of hydrogen-bond acceptors (Lipinski definition) is 3. The minimum Gasteiger partial charge on any atom is -0.466 e. The van der Waals surface area contributed by atoms with Crippen molar-refractivity contribution < 1.29 is 9.53 Å². The summed E-state index contributed by atoms with van der Waals surface area (Å²) >= 11 is 4.09. The van der Waals surface area contributed by atoms with Crippen LogP contribution in [0.2, 0.25) is 0 Å². The maximum Gasteiger partial charge on any atom is 0.310 e. The van der Waals surface area contributed by atoms with Crippen LogP contribution in [-0.4, -0.2) is 18.3 Å². The summed E-state index contributed by atoms with van der Waals surface area (Å²) in [5.41, 5.74) is 1.91. The Morgan fingerprint density at radius 1 is 1.35 bits per heavy atom. The number of carbonyl (C=O) groups is 1. The van der Waals surface area contributed by atoms with Gasteiger partial charge in [-0.2, -0.15) is 12.6 Å². The second-order valence-electron chi connectivity index (χ2n) is 3.45. The molecule has 0 aliphatic rings. The monoisotopic (exact) mass is 248 g/mol. The highest BCUT2D eigenvalue weighted by Crippen LogP contribution is 2.05. The average molecular weight is 248 g/mol. The van der Waals surface area contributed by atoms with Gasteiger partial charge in [-0.15, -0.1) is 0 Å². The van der Waals surface area contributed by atoms with E-state index < -0.39 is 0 Å². The molecule has 0 saturated carbocycles. The molecule has 0 radical (unpaired) electrons. The molecule has 0 aromatic heterocycles. The van der Waals surface area contributed by atoms with Crippen molar-refractivity contribution in [3.05, 3.63) is 35.4 Å². The van der Waals surface area contributed by atoms with Crippen molar-refractivity contribution in [3.63, 3.8) is 0 Å². The van der Waals surface area contributed by atoms with Crippen LogP contribution in [0.5, 0.6) is 0 Å². The van der Waals surface area contributed by atoms with Crippen molar-refractivity contribution in [2.45, 2.75) is 19.8 Å². The minimum atomic E-state index is -0.193. The van der Waals surface area contributed by atoms with Crippen LogP contribution in [0.1, 0.15) is 24.5 Å². The first kappa shape index (κ1) is 13.7. The lowest BCUT2D eigenvalue weighted by molar-refractivity contribution is -0.142. The van der Waals surface area contributed by atoms with Crippen LogP contribution in [0, 0.1) is 11.8 Å². The Labute approximate surface area is 108 Å². The van der Waals surface area contributed by atoms with Crippen LogP contribution in [0.4, 0.5) is 0 Å². The topological polar surface area (TPSA) is 26.3 Å². The van der Waals surface area contributed by atoms with E-state index in [9.17, 15) is 4.79 Å². The Hall–Kier alpha value is -1.40. The molecular weight excluding hydrogens is 232 g/mol. The molecule has 0 heterocycles. The quantitative estimate of drug-likeness (QED) is 0.503. The fraction of sp³-hybridized carbons (Fsp3) is 0.357. The number of rotatable bonds is 4. The van der Waals surface area contributed by atoms with Crippen LogP contribution in [-0.2, 0) is 16.0 Å². The maximum atomic E-state index is 11.2. The van der Waals surface area contributed by atoms with E-state index in [4.69, 9.17) is 4.74 Å². The lowest BCUT2D eigenvalue weighted by Gasteiger charge is -2.01. The molecule has 0 unspecified atom stereocenters. The van der Waals surface area contributed by atoms with Crippen molar-refractivity contribution in [1.29, 1.82) is 0 Å². The van der Waals surface area contributed by atoms with E-state index in [0.717, 1.165) is 23.3 Å². The zero-order valence-electron chi connectivity index (χ0n) is 9.90. The molecule has 0 amide bonds. The summed E-state index contributed by atoms with van der Waals surface area (Å²) < 4.78 is 4.88. The fourth-order valence-corrected chi connectivity index (χ4v) is 1.42. The van der Waals surface area contributed by atoms with Crippen molar-refractivity contribution in [2.75, 3.05) is 12.4 Å². The van der Waals surface area contributed by atoms with Gasteiger partial charge in [0.25, 0.3) is 0 Å². The smallest absolute Gasteiger partial charge is 0.310 e. The molecule has 2 nitrogen and oxygen atoms in total. The Kier molecular flexibility index (Phi) is 6.27. The minimum absolute atomic E-state index is 0.193. The standard InChI is InChI=1S/C14H16O2S/c1-2-16-14(15)11-13-8-6-12(7-9-13)5-3-4-10-17/h6-9,17H,2,4,10-11H2,1H3. The van der Waals surface area contributed by atoms with E-state index >= 15 is 0 Å². The van der Waals surface area contributed by atoms with E-state index in [-0.39, 0.29) is 5.97 Å². The molecule has 0 spiro atoms. The average Bonchev–Trinajstić information content (AvgIpc) is 2.32. The van der Waals surface area contributed by atoms with Gasteiger partial charge in [-0.05, 0) is 24.6 Å². The van der Waals surface area contributed by atoms with Gasteiger partial charge in [-0.3, -0.25) is 4.79 Å². The van der Waals surface area contributed by atoms with E-state index in [2.05, 4.69) is 24.5 Å². The van der Waals surface area contributed by atoms with E-state index in [1.54, 1.807) is 6.92 Å². The summed E-state index contributed by atoms with van der Waals surface area (Å²) in [5.74, 6) is 6.63. The summed E-state index contributed by atoms with van der Waals surface area (Å²) in [6.45, 7) is 2.23. The highest BCUT2D eigenvalue weighted by atomic mass is 32.1. The van der Waals surface area contributed by atoms with Gasteiger partial charge in [0.05, 0.1) is 13.0 Å². The summed E-state index contributed by atoms with van der Waals surface area (Å²) in [7, 11) is 0. The SMILES string of the molecule is CCOC(=O)Cc1ccc(C#CCCS)cc1. The van der Waals surface area contributed by atoms with Gasteiger partial charge in [0.1, 0.15) is 0 Å². The molecule has 17 heavy (non-hydrogen) atoms. The van der Waals surface area contributed by atoms with Crippen molar-refractivity contribution in [3.8, 4) is 11.8 Å². The van der Waals surface area contributed by atoms with Crippen LogP contribution in [0.15, 0.2) is 24.3 Å². The molecule has 3 heteroatoms. The Morgan fingerprint density at radius 2 is 2.06 bits per heavy atom. The number of esters is 1. The third kappa shape index (κ3) is 5.46. The van der Waals surface area contributed by atoms with E-state index in [1.807, 2.05) is 24.3 Å². The molecule has 1 rings (SSSR count). The Morgan fingerprint density at radius 3 is 2.65 bits per heavy atom. The first-order chi connectivity index (χ1) is 8.26. The fourth-order valence-electron chi connectivity index (χ4n) is 1.31. The van der Waals surface area contributed by atoms with E-state index in [1.165, 1.54) is 0 Å². The van der Waals surface area contributed by atoms with Crippen LogP contribution in [0.3, 0.4) is 0 Å². The number of benzene rings is 1. The van der Waals surface area contributed by atoms with Gasteiger partial charge in [-0.1, -0.05) is 24.0 Å². The van der Waals surface area contributed by atoms with Crippen LogP contribution >= 0.6 is 12.6 Å². The molecule has 1 aromatic rings. The second kappa shape index (κ2) is 7.81. The molecule has 90 valence electrons.